The largest absolute Gasteiger partial charge is 0.381 e. The number of hydrogen-bond donors (Lipinski definition) is 3. The van der Waals surface area contributed by atoms with Gasteiger partial charge in [0.1, 0.15) is 0 Å². The number of aromatic nitrogens is 1. The van der Waals surface area contributed by atoms with Gasteiger partial charge in [-0.2, -0.15) is 0 Å². The van der Waals surface area contributed by atoms with Gasteiger partial charge in [-0.3, -0.25) is 14.5 Å². The van der Waals surface area contributed by atoms with Crippen LogP contribution in [0.25, 0.3) is 0 Å². The standard InChI is InChI=1S/C20H18N4O3S/c25-20-11-15-10-18(7-8-19(15)23-20)28(26,27)24-17-5-3-16(4-6-17)22-13-14-2-1-9-21-12-14/h1-10,12,22,24H,11,13H2,(H,23,25). The summed E-state index contributed by atoms with van der Waals surface area (Å²) in [6.07, 6.45) is 3.70. The fourth-order valence-electron chi connectivity index (χ4n) is 2.95. The Labute approximate surface area is 162 Å². The first-order valence-corrected chi connectivity index (χ1v) is 10.2. The molecule has 1 amide bonds. The van der Waals surface area contributed by atoms with Gasteiger partial charge in [0.2, 0.25) is 5.91 Å². The molecule has 0 saturated heterocycles. The highest BCUT2D eigenvalue weighted by atomic mass is 32.2. The second-order valence-electron chi connectivity index (χ2n) is 6.44. The predicted octanol–water partition coefficient (Wildman–Crippen LogP) is 2.99. The lowest BCUT2D eigenvalue weighted by atomic mass is 10.2. The maximum Gasteiger partial charge on any atom is 0.261 e. The lowest BCUT2D eigenvalue weighted by molar-refractivity contribution is -0.115. The van der Waals surface area contributed by atoms with E-state index in [4.69, 9.17) is 0 Å². The van der Waals surface area contributed by atoms with Gasteiger partial charge >= 0.3 is 0 Å². The van der Waals surface area contributed by atoms with Crippen LogP contribution in [0.3, 0.4) is 0 Å². The SMILES string of the molecule is O=C1Cc2cc(S(=O)(=O)Nc3ccc(NCc4cccnc4)cc3)ccc2N1. The van der Waals surface area contributed by atoms with E-state index in [0.29, 0.717) is 23.5 Å². The number of hydrogen-bond acceptors (Lipinski definition) is 5. The van der Waals surface area contributed by atoms with Gasteiger partial charge in [-0.15, -0.1) is 0 Å². The molecular weight excluding hydrogens is 376 g/mol. The van der Waals surface area contributed by atoms with Crippen LogP contribution in [-0.4, -0.2) is 19.3 Å². The molecule has 0 bridgehead atoms. The summed E-state index contributed by atoms with van der Waals surface area (Å²) in [5.41, 5.74) is 3.73. The zero-order chi connectivity index (χ0) is 19.6. The van der Waals surface area contributed by atoms with E-state index in [1.54, 1.807) is 42.7 Å². The van der Waals surface area contributed by atoms with Crippen molar-refractivity contribution in [3.05, 3.63) is 78.1 Å². The smallest absolute Gasteiger partial charge is 0.261 e. The summed E-state index contributed by atoms with van der Waals surface area (Å²) in [5, 5.41) is 5.95. The van der Waals surface area contributed by atoms with Crippen molar-refractivity contribution < 1.29 is 13.2 Å². The number of sulfonamides is 1. The number of nitrogens with zero attached hydrogens (tertiary/aromatic N) is 1. The van der Waals surface area contributed by atoms with Gasteiger partial charge in [-0.05, 0) is 59.7 Å². The Morgan fingerprint density at radius 1 is 1.04 bits per heavy atom. The van der Waals surface area contributed by atoms with E-state index in [2.05, 4.69) is 20.3 Å². The van der Waals surface area contributed by atoms with Crippen LogP contribution in [0.2, 0.25) is 0 Å². The van der Waals surface area contributed by atoms with Crippen LogP contribution >= 0.6 is 0 Å². The summed E-state index contributed by atoms with van der Waals surface area (Å²) >= 11 is 0. The van der Waals surface area contributed by atoms with E-state index in [-0.39, 0.29) is 17.2 Å². The minimum Gasteiger partial charge on any atom is -0.381 e. The Hall–Kier alpha value is -3.39. The van der Waals surface area contributed by atoms with E-state index < -0.39 is 10.0 Å². The second kappa shape index (κ2) is 7.32. The summed E-state index contributed by atoms with van der Waals surface area (Å²) in [6, 6.07) is 15.5. The van der Waals surface area contributed by atoms with Crippen molar-refractivity contribution in [2.24, 2.45) is 0 Å². The Morgan fingerprint density at radius 2 is 1.82 bits per heavy atom. The quantitative estimate of drug-likeness (QED) is 0.597. The lowest BCUT2D eigenvalue weighted by Gasteiger charge is -2.11. The molecule has 0 spiro atoms. The van der Waals surface area contributed by atoms with Crippen molar-refractivity contribution in [1.29, 1.82) is 0 Å². The van der Waals surface area contributed by atoms with Crippen molar-refractivity contribution in [1.82, 2.24) is 4.98 Å². The van der Waals surface area contributed by atoms with Gasteiger partial charge in [0.05, 0.1) is 11.3 Å². The molecule has 2 aromatic carbocycles. The molecule has 8 heteroatoms. The minimum atomic E-state index is -3.74. The summed E-state index contributed by atoms with van der Waals surface area (Å²) < 4.78 is 27.8. The summed E-state index contributed by atoms with van der Waals surface area (Å²) in [7, 11) is -3.74. The van der Waals surface area contributed by atoms with Crippen LogP contribution in [0.1, 0.15) is 11.1 Å². The van der Waals surface area contributed by atoms with Crippen molar-refractivity contribution in [2.45, 2.75) is 17.9 Å². The van der Waals surface area contributed by atoms with Crippen LogP contribution < -0.4 is 15.4 Å². The van der Waals surface area contributed by atoms with E-state index in [0.717, 1.165) is 11.3 Å². The molecule has 0 fully saturated rings. The first-order valence-electron chi connectivity index (χ1n) is 8.68. The Balaban J connectivity index is 1.43. The third-order valence-electron chi connectivity index (χ3n) is 4.37. The third kappa shape index (κ3) is 3.96. The molecule has 28 heavy (non-hydrogen) atoms. The van der Waals surface area contributed by atoms with Crippen molar-refractivity contribution in [2.75, 3.05) is 15.4 Å². The highest BCUT2D eigenvalue weighted by molar-refractivity contribution is 7.92. The zero-order valence-electron chi connectivity index (χ0n) is 14.8. The number of pyridine rings is 1. The molecule has 142 valence electrons. The molecule has 0 unspecified atom stereocenters. The average Bonchev–Trinajstić information content (AvgIpc) is 3.07. The van der Waals surface area contributed by atoms with Gasteiger partial charge in [0.25, 0.3) is 10.0 Å². The monoisotopic (exact) mass is 394 g/mol. The number of amides is 1. The number of anilines is 3. The van der Waals surface area contributed by atoms with Crippen molar-refractivity contribution in [3.8, 4) is 0 Å². The average molecular weight is 394 g/mol. The fraction of sp³-hybridized carbons (Fsp3) is 0.100. The zero-order valence-corrected chi connectivity index (χ0v) is 15.7. The minimum absolute atomic E-state index is 0.126. The summed E-state index contributed by atoms with van der Waals surface area (Å²) in [6.45, 7) is 0.626. The highest BCUT2D eigenvalue weighted by Gasteiger charge is 2.21. The van der Waals surface area contributed by atoms with Crippen LogP contribution in [0.15, 0.2) is 71.9 Å². The maximum atomic E-state index is 12.6. The molecule has 1 aliphatic heterocycles. The molecular formula is C20H18N4O3S. The van der Waals surface area contributed by atoms with Crippen LogP contribution in [-0.2, 0) is 27.8 Å². The van der Waals surface area contributed by atoms with Crippen LogP contribution in [0, 0.1) is 0 Å². The molecule has 0 saturated carbocycles. The molecule has 1 aromatic heterocycles. The molecule has 3 aromatic rings. The summed E-state index contributed by atoms with van der Waals surface area (Å²) in [4.78, 5) is 15.6. The molecule has 0 atom stereocenters. The first-order chi connectivity index (χ1) is 13.5. The second-order valence-corrected chi connectivity index (χ2v) is 8.12. The van der Waals surface area contributed by atoms with Gasteiger partial charge in [-0.25, -0.2) is 8.42 Å². The molecule has 2 heterocycles. The van der Waals surface area contributed by atoms with Gasteiger partial charge in [0, 0.05) is 36.0 Å². The normalized spacial score (nSPS) is 12.9. The van der Waals surface area contributed by atoms with Gasteiger partial charge in [-0.1, -0.05) is 6.07 Å². The fourth-order valence-corrected chi connectivity index (χ4v) is 4.06. The molecule has 3 N–H and O–H groups in total. The van der Waals surface area contributed by atoms with Crippen LogP contribution in [0.5, 0.6) is 0 Å². The summed E-state index contributed by atoms with van der Waals surface area (Å²) in [5.74, 6) is -0.133. The number of nitrogens with one attached hydrogen (secondary N) is 3. The third-order valence-corrected chi connectivity index (χ3v) is 5.75. The topological polar surface area (TPSA) is 100 Å². The van der Waals surface area contributed by atoms with Crippen LogP contribution in [0.4, 0.5) is 17.1 Å². The maximum absolute atomic E-state index is 12.6. The molecule has 0 radical (unpaired) electrons. The predicted molar refractivity (Wildman–Crippen MR) is 108 cm³/mol. The van der Waals surface area contributed by atoms with Crippen molar-refractivity contribution >= 4 is 33.0 Å². The highest BCUT2D eigenvalue weighted by Crippen LogP contribution is 2.27. The van der Waals surface area contributed by atoms with Gasteiger partial charge < -0.3 is 10.6 Å². The van der Waals surface area contributed by atoms with E-state index >= 15 is 0 Å². The first kappa shape index (κ1) is 18.0. The number of benzene rings is 2. The number of carbonyl (C=O) groups is 1. The van der Waals surface area contributed by atoms with Gasteiger partial charge in [0.15, 0.2) is 0 Å². The number of rotatable bonds is 6. The molecule has 4 rings (SSSR count). The Bertz CT molecular complexity index is 1110. The number of fused-ring (bicyclic) bond motifs is 1. The Kier molecular flexibility index (Phi) is 4.70. The van der Waals surface area contributed by atoms with Crippen molar-refractivity contribution in [3.63, 3.8) is 0 Å². The van der Waals surface area contributed by atoms with E-state index in [1.807, 2.05) is 12.1 Å². The number of carbonyl (C=O) groups excluding carboxylic acids is 1. The molecule has 7 nitrogen and oxygen atoms in total. The van der Waals surface area contributed by atoms with E-state index in [1.165, 1.54) is 12.1 Å². The Morgan fingerprint density at radius 3 is 2.57 bits per heavy atom. The molecule has 1 aliphatic rings. The molecule has 0 aliphatic carbocycles. The van der Waals surface area contributed by atoms with E-state index in [9.17, 15) is 13.2 Å². The lowest BCUT2D eigenvalue weighted by Crippen LogP contribution is -2.13.